The average Bonchev–Trinajstić information content (AvgIpc) is 3.54. The number of aliphatic hydroxyl groups excluding tert-OH is 1. The summed E-state index contributed by atoms with van der Waals surface area (Å²) >= 11 is 0. The molecule has 1 aliphatic heterocycles. The van der Waals surface area contributed by atoms with Gasteiger partial charge in [-0.1, -0.05) is 84.9 Å². The number of aliphatic imine (C=N–C) groups is 1. The molecule has 1 amide bonds. The van der Waals surface area contributed by atoms with Gasteiger partial charge in [-0.3, -0.25) is 9.89 Å². The molecule has 2 N–H and O–H groups in total. The maximum absolute atomic E-state index is 15.0. The molecule has 1 saturated heterocycles. The van der Waals surface area contributed by atoms with Gasteiger partial charge in [0, 0.05) is 28.6 Å². The third-order valence-electron chi connectivity index (χ3n) is 7.89. The Labute approximate surface area is 284 Å². The van der Waals surface area contributed by atoms with Crippen LogP contribution in [0.3, 0.4) is 0 Å². The van der Waals surface area contributed by atoms with Gasteiger partial charge in [-0.05, 0) is 30.5 Å². The van der Waals surface area contributed by atoms with Gasteiger partial charge >= 0.3 is 5.97 Å². The Morgan fingerprint density at radius 2 is 1.50 bits per heavy atom. The second-order valence-electron chi connectivity index (χ2n) is 10.9. The Hall–Kier alpha value is -4.58. The summed E-state index contributed by atoms with van der Waals surface area (Å²) in [5.74, 6) is -11.6. The molecule has 3 atom stereocenters. The molecular formula is C35H30F4N3NiO5-. The number of likely N-dealkylation sites (tertiary alicyclic amines) is 1. The van der Waals surface area contributed by atoms with E-state index in [-0.39, 0.29) is 33.5 Å². The molecule has 0 bridgehead atoms. The molecule has 0 radical (unpaired) electrons. The number of hydrogen-bond acceptors (Lipinski definition) is 6. The molecule has 1 aliphatic rings. The molecule has 5 rings (SSSR count). The van der Waals surface area contributed by atoms with Crippen molar-refractivity contribution in [1.29, 1.82) is 0 Å². The van der Waals surface area contributed by atoms with E-state index < -0.39 is 64.6 Å². The predicted molar refractivity (Wildman–Crippen MR) is 166 cm³/mol. The third kappa shape index (κ3) is 7.59. The second kappa shape index (κ2) is 16.0. The SMILES string of the molecule is COc1c(F)c(F)c([C@@H](O)[C@H](N=C(c2ccccc2)c2ccccc2[N-]C(=O)[C@@H]2CCCN2Cc2ccccc2)C(=O)O)c(F)c1F.[Ni]. The quantitative estimate of drug-likeness (QED) is 0.0801. The van der Waals surface area contributed by atoms with Crippen molar-refractivity contribution < 1.29 is 58.6 Å². The van der Waals surface area contributed by atoms with Gasteiger partial charge in [0.1, 0.15) is 6.10 Å². The minimum absolute atomic E-state index is 0. The number of carboxylic acid groups (broad SMARTS) is 1. The first-order chi connectivity index (χ1) is 22.6. The van der Waals surface area contributed by atoms with Crippen molar-refractivity contribution in [3.63, 3.8) is 0 Å². The number of aliphatic hydroxyl groups is 1. The van der Waals surface area contributed by atoms with Crippen LogP contribution in [0.15, 0.2) is 89.9 Å². The van der Waals surface area contributed by atoms with Crippen LogP contribution < -0.4 is 4.74 Å². The molecule has 0 spiro atoms. The van der Waals surface area contributed by atoms with E-state index >= 15 is 0 Å². The second-order valence-corrected chi connectivity index (χ2v) is 10.9. The van der Waals surface area contributed by atoms with E-state index in [0.717, 1.165) is 19.1 Å². The van der Waals surface area contributed by atoms with Gasteiger partial charge < -0.3 is 25.1 Å². The van der Waals surface area contributed by atoms with Crippen LogP contribution in [0.25, 0.3) is 5.32 Å². The van der Waals surface area contributed by atoms with Crippen LogP contribution in [0.1, 0.15) is 41.2 Å². The summed E-state index contributed by atoms with van der Waals surface area (Å²) in [4.78, 5) is 32.3. The number of nitrogens with zero attached hydrogens (tertiary/aromatic N) is 3. The average molecular weight is 707 g/mol. The van der Waals surface area contributed by atoms with Crippen molar-refractivity contribution in [2.75, 3.05) is 13.7 Å². The number of ether oxygens (including phenoxy) is 1. The molecule has 1 fully saturated rings. The number of para-hydroxylation sites is 1. The monoisotopic (exact) mass is 706 g/mol. The van der Waals surface area contributed by atoms with Crippen molar-refractivity contribution in [1.82, 2.24) is 4.90 Å². The minimum Gasteiger partial charge on any atom is -0.625 e. The number of carbonyl (C=O) groups excluding carboxylic acids is 1. The Morgan fingerprint density at radius 3 is 2.10 bits per heavy atom. The molecule has 48 heavy (non-hydrogen) atoms. The summed E-state index contributed by atoms with van der Waals surface area (Å²) < 4.78 is 63.3. The molecule has 13 heteroatoms. The standard InChI is InChI=1S/C35H31F4N3O5.Ni/c1-47-33-28(38)26(36)25(27(37)29(33)39)32(43)31(35(45)46)41-30(21-13-6-3-7-14-21)22-15-8-9-16-23(22)40-34(44)24-17-10-18-42(24)19-20-11-4-2-5-12-20;/h2-9,11-16,24,31-32,43H,10,17-19H2,1H3,(H2,40,41,44,45,46);/p-1/t24-,31-,32+;/m0./s1. The molecule has 0 aliphatic carbocycles. The fourth-order valence-electron chi connectivity index (χ4n) is 5.60. The normalized spacial score (nSPS) is 16.1. The molecule has 0 saturated carbocycles. The van der Waals surface area contributed by atoms with Crippen LogP contribution in [0.4, 0.5) is 23.2 Å². The zero-order chi connectivity index (χ0) is 33.7. The van der Waals surface area contributed by atoms with E-state index in [1.165, 1.54) is 12.1 Å². The van der Waals surface area contributed by atoms with Crippen LogP contribution in [-0.4, -0.2) is 58.4 Å². The Morgan fingerprint density at radius 1 is 0.917 bits per heavy atom. The summed E-state index contributed by atoms with van der Waals surface area (Å²) in [6, 6.07) is 21.1. The summed E-state index contributed by atoms with van der Waals surface area (Å²) in [6.07, 6.45) is -1.32. The summed E-state index contributed by atoms with van der Waals surface area (Å²) in [5.41, 5.74) is -0.0332. The van der Waals surface area contributed by atoms with Gasteiger partial charge in [0.25, 0.3) is 0 Å². The fraction of sp³-hybridized carbons (Fsp3) is 0.229. The Balaban J connectivity index is 0.00000520. The van der Waals surface area contributed by atoms with Gasteiger partial charge in [0.2, 0.25) is 11.6 Å². The summed E-state index contributed by atoms with van der Waals surface area (Å²) in [7, 11) is 0.785. The summed E-state index contributed by atoms with van der Waals surface area (Å²) in [6.45, 7) is 1.24. The van der Waals surface area contributed by atoms with Crippen molar-refractivity contribution in [3.8, 4) is 5.75 Å². The molecule has 1 heterocycles. The van der Waals surface area contributed by atoms with Gasteiger partial charge in [-0.2, -0.15) is 8.78 Å². The third-order valence-corrected chi connectivity index (χ3v) is 7.89. The largest absolute Gasteiger partial charge is 0.625 e. The number of benzene rings is 4. The maximum Gasteiger partial charge on any atom is 0.331 e. The van der Waals surface area contributed by atoms with E-state index in [9.17, 15) is 37.4 Å². The van der Waals surface area contributed by atoms with Crippen molar-refractivity contribution in [3.05, 3.63) is 136 Å². The van der Waals surface area contributed by atoms with Crippen molar-refractivity contribution in [2.45, 2.75) is 37.6 Å². The molecule has 4 aromatic rings. The first-order valence-electron chi connectivity index (χ1n) is 14.7. The van der Waals surface area contributed by atoms with Gasteiger partial charge in [0.05, 0.1) is 30.3 Å². The van der Waals surface area contributed by atoms with Crippen molar-refractivity contribution >= 4 is 23.3 Å². The zero-order valence-electron chi connectivity index (χ0n) is 25.4. The van der Waals surface area contributed by atoms with Crippen LogP contribution in [0, 0.1) is 23.3 Å². The zero-order valence-corrected chi connectivity index (χ0v) is 26.4. The van der Waals surface area contributed by atoms with E-state index in [1.54, 1.807) is 42.5 Å². The number of amides is 1. The van der Waals surface area contributed by atoms with Gasteiger partial charge in [-0.15, -0.1) is 5.69 Å². The maximum atomic E-state index is 15.0. The number of hydrogen-bond donors (Lipinski definition) is 2. The molecular weight excluding hydrogens is 677 g/mol. The number of halogens is 4. The molecule has 4 aromatic carbocycles. The Kier molecular flexibility index (Phi) is 12.1. The first kappa shape index (κ1) is 36.3. The molecule has 8 nitrogen and oxygen atoms in total. The van der Waals surface area contributed by atoms with Gasteiger partial charge in [0.15, 0.2) is 23.4 Å². The molecule has 254 valence electrons. The number of rotatable bonds is 11. The molecule has 0 aromatic heterocycles. The smallest absolute Gasteiger partial charge is 0.331 e. The van der Waals surface area contributed by atoms with Crippen LogP contribution in [0.2, 0.25) is 0 Å². The van der Waals surface area contributed by atoms with Crippen molar-refractivity contribution in [2.24, 2.45) is 4.99 Å². The number of aliphatic carboxylic acids is 1. The van der Waals surface area contributed by atoms with E-state index in [1.807, 2.05) is 35.2 Å². The minimum atomic E-state index is -2.68. The van der Waals surface area contributed by atoms with Crippen LogP contribution in [-0.2, 0) is 32.6 Å². The van der Waals surface area contributed by atoms with E-state index in [2.05, 4.69) is 15.0 Å². The number of carboxylic acids is 1. The van der Waals surface area contributed by atoms with E-state index in [4.69, 9.17) is 0 Å². The van der Waals surface area contributed by atoms with Crippen LogP contribution in [0.5, 0.6) is 5.75 Å². The Bertz CT molecular complexity index is 1770. The molecule has 0 unspecified atom stereocenters. The summed E-state index contributed by atoms with van der Waals surface area (Å²) in [5, 5.41) is 25.4. The van der Waals surface area contributed by atoms with E-state index in [0.29, 0.717) is 25.1 Å². The first-order valence-corrected chi connectivity index (χ1v) is 14.7. The topological polar surface area (TPSA) is 114 Å². The fourth-order valence-corrected chi connectivity index (χ4v) is 5.60. The number of methoxy groups -OCH3 is 1. The number of carbonyl (C=O) groups is 2. The van der Waals surface area contributed by atoms with Crippen LogP contribution >= 0.6 is 0 Å². The van der Waals surface area contributed by atoms with Gasteiger partial charge in [-0.25, -0.2) is 13.6 Å². The predicted octanol–water partition coefficient (Wildman–Crippen LogP) is 6.47.